The number of thioether (sulfide) groups is 1. The number of aryl methyl sites for hydroxylation is 1. The number of benzene rings is 1. The minimum Gasteiger partial charge on any atom is -0.325 e. The van der Waals surface area contributed by atoms with Gasteiger partial charge in [-0.15, -0.1) is 10.2 Å². The summed E-state index contributed by atoms with van der Waals surface area (Å²) in [5.41, 5.74) is 2.93. The lowest BCUT2D eigenvalue weighted by atomic mass is 10.2. The largest absolute Gasteiger partial charge is 0.325 e. The van der Waals surface area contributed by atoms with E-state index in [0.717, 1.165) is 40.8 Å². The standard InChI is InChI=1S/C19H21N5OS/c1-3-12-24-18(15-8-10-20-11-9-15)22-23-19(24)26-13-17(25)21-16-6-4-14(2)5-7-16/h4-11H,3,12-13H2,1-2H3,(H,21,25). The zero-order valence-electron chi connectivity index (χ0n) is 14.8. The van der Waals surface area contributed by atoms with Crippen LogP contribution in [0.2, 0.25) is 0 Å². The third-order valence-corrected chi connectivity index (χ3v) is 4.74. The van der Waals surface area contributed by atoms with Crippen molar-refractivity contribution in [2.75, 3.05) is 11.1 Å². The molecule has 0 atom stereocenters. The summed E-state index contributed by atoms with van der Waals surface area (Å²) in [6, 6.07) is 11.6. The van der Waals surface area contributed by atoms with Crippen LogP contribution >= 0.6 is 11.8 Å². The first-order valence-electron chi connectivity index (χ1n) is 8.50. The van der Waals surface area contributed by atoms with E-state index in [2.05, 4.69) is 32.0 Å². The molecule has 0 aliphatic carbocycles. The first kappa shape index (κ1) is 18.1. The molecule has 0 bridgehead atoms. The van der Waals surface area contributed by atoms with Crippen LogP contribution in [0.1, 0.15) is 18.9 Å². The summed E-state index contributed by atoms with van der Waals surface area (Å²) in [6.45, 7) is 4.92. The summed E-state index contributed by atoms with van der Waals surface area (Å²) in [7, 11) is 0. The Kier molecular flexibility index (Phi) is 6.01. The van der Waals surface area contributed by atoms with E-state index in [0.29, 0.717) is 0 Å². The first-order valence-corrected chi connectivity index (χ1v) is 9.49. The molecule has 3 aromatic rings. The van der Waals surface area contributed by atoms with Crippen molar-refractivity contribution in [1.82, 2.24) is 19.7 Å². The fourth-order valence-corrected chi connectivity index (χ4v) is 3.26. The molecule has 0 saturated carbocycles. The molecule has 0 spiro atoms. The van der Waals surface area contributed by atoms with Gasteiger partial charge in [0.25, 0.3) is 0 Å². The highest BCUT2D eigenvalue weighted by atomic mass is 32.2. The number of carbonyl (C=O) groups excluding carboxylic acids is 1. The van der Waals surface area contributed by atoms with Gasteiger partial charge in [-0.1, -0.05) is 36.4 Å². The number of hydrogen-bond donors (Lipinski definition) is 1. The molecule has 0 radical (unpaired) electrons. The third-order valence-electron chi connectivity index (χ3n) is 3.77. The Morgan fingerprint density at radius 2 is 1.85 bits per heavy atom. The zero-order chi connectivity index (χ0) is 18.4. The van der Waals surface area contributed by atoms with E-state index in [4.69, 9.17) is 0 Å². The second kappa shape index (κ2) is 8.62. The fourth-order valence-electron chi connectivity index (χ4n) is 2.50. The van der Waals surface area contributed by atoms with Gasteiger partial charge < -0.3 is 9.88 Å². The highest BCUT2D eigenvalue weighted by Gasteiger charge is 2.15. The molecule has 6 nitrogen and oxygen atoms in total. The molecule has 3 rings (SSSR count). The van der Waals surface area contributed by atoms with Crippen molar-refractivity contribution in [3.05, 3.63) is 54.4 Å². The van der Waals surface area contributed by atoms with Crippen molar-refractivity contribution < 1.29 is 4.79 Å². The van der Waals surface area contributed by atoms with Crippen molar-refractivity contribution in [2.45, 2.75) is 32.0 Å². The quantitative estimate of drug-likeness (QED) is 0.643. The molecule has 1 aromatic carbocycles. The van der Waals surface area contributed by atoms with E-state index in [9.17, 15) is 4.79 Å². The van der Waals surface area contributed by atoms with Crippen LogP contribution in [-0.2, 0) is 11.3 Å². The molecule has 0 unspecified atom stereocenters. The van der Waals surface area contributed by atoms with Crippen LogP contribution < -0.4 is 5.32 Å². The predicted molar refractivity (Wildman–Crippen MR) is 104 cm³/mol. The van der Waals surface area contributed by atoms with Gasteiger partial charge in [0.15, 0.2) is 11.0 Å². The lowest BCUT2D eigenvalue weighted by Crippen LogP contribution is -2.14. The molecule has 1 N–H and O–H groups in total. The van der Waals surface area contributed by atoms with Gasteiger partial charge in [0.05, 0.1) is 5.75 Å². The number of aromatic nitrogens is 4. The van der Waals surface area contributed by atoms with Crippen molar-refractivity contribution in [1.29, 1.82) is 0 Å². The summed E-state index contributed by atoms with van der Waals surface area (Å²) >= 11 is 1.39. The average molecular weight is 367 g/mol. The molecule has 26 heavy (non-hydrogen) atoms. The van der Waals surface area contributed by atoms with E-state index in [-0.39, 0.29) is 11.7 Å². The number of carbonyl (C=O) groups is 1. The molecule has 0 aliphatic heterocycles. The molecule has 134 valence electrons. The van der Waals surface area contributed by atoms with Gasteiger partial charge in [-0.2, -0.15) is 0 Å². The normalized spacial score (nSPS) is 10.7. The maximum Gasteiger partial charge on any atom is 0.234 e. The van der Waals surface area contributed by atoms with Gasteiger partial charge in [0.2, 0.25) is 5.91 Å². The highest BCUT2D eigenvalue weighted by molar-refractivity contribution is 7.99. The van der Waals surface area contributed by atoms with E-state index in [1.165, 1.54) is 11.8 Å². The van der Waals surface area contributed by atoms with Crippen molar-refractivity contribution >= 4 is 23.4 Å². The van der Waals surface area contributed by atoms with E-state index in [1.807, 2.05) is 43.3 Å². The molecule has 1 amide bonds. The van der Waals surface area contributed by atoms with Crippen LogP contribution in [0.5, 0.6) is 0 Å². The molecular weight excluding hydrogens is 346 g/mol. The number of nitrogens with zero attached hydrogens (tertiary/aromatic N) is 4. The Hall–Kier alpha value is -2.67. The maximum atomic E-state index is 12.2. The Bertz CT molecular complexity index is 861. The smallest absolute Gasteiger partial charge is 0.234 e. The topological polar surface area (TPSA) is 72.7 Å². The lowest BCUT2D eigenvalue weighted by Gasteiger charge is -2.09. The van der Waals surface area contributed by atoms with Crippen LogP contribution in [0.4, 0.5) is 5.69 Å². The van der Waals surface area contributed by atoms with Crippen molar-refractivity contribution in [3.8, 4) is 11.4 Å². The molecule has 7 heteroatoms. The minimum absolute atomic E-state index is 0.0598. The molecule has 0 aliphatic rings. The predicted octanol–water partition coefficient (Wildman–Crippen LogP) is 3.79. The molecule has 0 saturated heterocycles. The van der Waals surface area contributed by atoms with Gasteiger partial charge in [-0.05, 0) is 37.6 Å². The number of nitrogens with one attached hydrogen (secondary N) is 1. The maximum absolute atomic E-state index is 12.2. The van der Waals surface area contributed by atoms with Gasteiger partial charge >= 0.3 is 0 Å². The Labute approximate surface area is 157 Å². The number of pyridine rings is 1. The van der Waals surface area contributed by atoms with Gasteiger partial charge in [0.1, 0.15) is 0 Å². The highest BCUT2D eigenvalue weighted by Crippen LogP contribution is 2.24. The van der Waals surface area contributed by atoms with Crippen LogP contribution in [0, 0.1) is 6.92 Å². The fraction of sp³-hybridized carbons (Fsp3) is 0.263. The molecular formula is C19H21N5OS. The monoisotopic (exact) mass is 367 g/mol. The Morgan fingerprint density at radius 1 is 1.12 bits per heavy atom. The average Bonchev–Trinajstić information content (AvgIpc) is 3.06. The van der Waals surface area contributed by atoms with Crippen LogP contribution in [0.25, 0.3) is 11.4 Å². The first-order chi connectivity index (χ1) is 12.7. The summed E-state index contributed by atoms with van der Waals surface area (Å²) in [5, 5.41) is 12.2. The lowest BCUT2D eigenvalue weighted by molar-refractivity contribution is -0.113. The molecule has 0 fully saturated rings. The number of hydrogen-bond acceptors (Lipinski definition) is 5. The van der Waals surface area contributed by atoms with Gasteiger partial charge in [-0.25, -0.2) is 0 Å². The second-order valence-corrected chi connectivity index (χ2v) is 6.84. The number of anilines is 1. The molecule has 2 heterocycles. The number of rotatable bonds is 7. The van der Waals surface area contributed by atoms with Crippen LogP contribution in [0.15, 0.2) is 53.9 Å². The van der Waals surface area contributed by atoms with E-state index < -0.39 is 0 Å². The SMILES string of the molecule is CCCn1c(SCC(=O)Nc2ccc(C)cc2)nnc1-c1ccncc1. The van der Waals surface area contributed by atoms with Crippen molar-refractivity contribution in [2.24, 2.45) is 0 Å². The van der Waals surface area contributed by atoms with Crippen LogP contribution in [0.3, 0.4) is 0 Å². The van der Waals surface area contributed by atoms with Gasteiger partial charge in [-0.3, -0.25) is 9.78 Å². The van der Waals surface area contributed by atoms with E-state index >= 15 is 0 Å². The third kappa shape index (κ3) is 4.49. The van der Waals surface area contributed by atoms with Gasteiger partial charge in [0, 0.05) is 30.2 Å². The summed E-state index contributed by atoms with van der Waals surface area (Å²) in [4.78, 5) is 16.3. The Balaban J connectivity index is 1.68. The number of amides is 1. The minimum atomic E-state index is -0.0598. The summed E-state index contributed by atoms with van der Waals surface area (Å²) in [5.74, 6) is 1.03. The second-order valence-electron chi connectivity index (χ2n) is 5.90. The molecule has 2 aromatic heterocycles. The van der Waals surface area contributed by atoms with E-state index in [1.54, 1.807) is 12.4 Å². The summed E-state index contributed by atoms with van der Waals surface area (Å²) < 4.78 is 2.05. The van der Waals surface area contributed by atoms with Crippen molar-refractivity contribution in [3.63, 3.8) is 0 Å². The Morgan fingerprint density at radius 3 is 2.54 bits per heavy atom. The van der Waals surface area contributed by atoms with Crippen LogP contribution in [-0.4, -0.2) is 31.4 Å². The zero-order valence-corrected chi connectivity index (χ0v) is 15.7. The summed E-state index contributed by atoms with van der Waals surface area (Å²) in [6.07, 6.45) is 4.43.